The zero-order valence-corrected chi connectivity index (χ0v) is 15.8. The monoisotopic (exact) mass is 330 g/mol. The Hall–Kier alpha value is -1.77. The van der Waals surface area contributed by atoms with E-state index < -0.39 is 5.60 Å². The van der Waals surface area contributed by atoms with Crippen molar-refractivity contribution < 1.29 is 14.6 Å². The van der Waals surface area contributed by atoms with E-state index in [2.05, 4.69) is 33.8 Å². The van der Waals surface area contributed by atoms with Crippen molar-refractivity contribution in [3.05, 3.63) is 46.7 Å². The Kier molecular flexibility index (Phi) is 5.12. The van der Waals surface area contributed by atoms with Crippen molar-refractivity contribution in [2.75, 3.05) is 0 Å². The molecular weight excluding hydrogens is 300 g/mol. The van der Waals surface area contributed by atoms with E-state index >= 15 is 0 Å². The Morgan fingerprint density at radius 3 is 2.50 bits per heavy atom. The van der Waals surface area contributed by atoms with E-state index in [4.69, 9.17) is 4.74 Å². The molecule has 3 nitrogen and oxygen atoms in total. The van der Waals surface area contributed by atoms with Gasteiger partial charge in [0.1, 0.15) is 11.4 Å². The molecule has 1 aliphatic rings. The van der Waals surface area contributed by atoms with Gasteiger partial charge >= 0.3 is 5.97 Å². The van der Waals surface area contributed by atoms with E-state index in [1.54, 1.807) is 0 Å². The van der Waals surface area contributed by atoms with Gasteiger partial charge in [0.15, 0.2) is 0 Å². The van der Waals surface area contributed by atoms with Gasteiger partial charge in [-0.15, -0.1) is 0 Å². The lowest BCUT2D eigenvalue weighted by Gasteiger charge is -2.39. The average molecular weight is 330 g/mol. The quantitative estimate of drug-likeness (QED) is 0.747. The van der Waals surface area contributed by atoms with Crippen LogP contribution in [0.15, 0.2) is 35.6 Å². The summed E-state index contributed by atoms with van der Waals surface area (Å²) in [7, 11) is 0. The molecule has 0 saturated carbocycles. The molecule has 3 heteroatoms. The molecule has 0 saturated heterocycles. The number of aliphatic hydroxyl groups excluding tert-OH is 1. The lowest BCUT2D eigenvalue weighted by atomic mass is 9.70. The van der Waals surface area contributed by atoms with Gasteiger partial charge in [-0.25, -0.2) is 4.79 Å². The maximum absolute atomic E-state index is 12.8. The summed E-state index contributed by atoms with van der Waals surface area (Å²) in [5.74, 6) is -0.393. The summed E-state index contributed by atoms with van der Waals surface area (Å²) >= 11 is 0. The number of cyclic esters (lactones) is 1. The smallest absolute Gasteiger partial charge is 0.338 e. The van der Waals surface area contributed by atoms with Crippen LogP contribution in [-0.4, -0.2) is 16.7 Å². The van der Waals surface area contributed by atoms with Crippen molar-refractivity contribution in [3.8, 4) is 0 Å². The van der Waals surface area contributed by atoms with Crippen molar-refractivity contribution in [1.82, 2.24) is 0 Å². The van der Waals surface area contributed by atoms with Crippen LogP contribution in [0.25, 0.3) is 0 Å². The maximum atomic E-state index is 12.8. The van der Waals surface area contributed by atoms with Gasteiger partial charge < -0.3 is 9.84 Å². The normalized spacial score (nSPS) is 23.2. The third-order valence-corrected chi connectivity index (χ3v) is 4.72. The van der Waals surface area contributed by atoms with Gasteiger partial charge in [-0.1, -0.05) is 63.9 Å². The Balaban J connectivity index is 2.53. The van der Waals surface area contributed by atoms with Gasteiger partial charge in [0, 0.05) is 12.3 Å². The largest absolute Gasteiger partial charge is 0.512 e. The minimum atomic E-state index is -0.603. The standard InChI is InChI=1S/C21H30O3/c1-7-11-21(6)13-16(22)17(19(23)24-21)18(20(3,4)5)15-10-8-9-14(2)12-15/h8-10,12,18,22H,7,11,13H2,1-6H3/t18-,21?/m1/s1. The minimum absolute atomic E-state index is 0.184. The lowest BCUT2D eigenvalue weighted by Crippen LogP contribution is -2.40. The number of carbonyl (C=O) groups excluding carboxylic acids is 1. The molecule has 1 aromatic rings. The summed E-state index contributed by atoms with van der Waals surface area (Å²) in [6.45, 7) is 12.3. The van der Waals surface area contributed by atoms with E-state index in [-0.39, 0.29) is 23.1 Å². The molecule has 0 aromatic heterocycles. The third kappa shape index (κ3) is 3.82. The first-order valence-corrected chi connectivity index (χ1v) is 8.79. The number of aryl methyl sites for hydroxylation is 1. The van der Waals surface area contributed by atoms with Crippen molar-refractivity contribution in [3.63, 3.8) is 0 Å². The molecule has 1 unspecified atom stereocenters. The summed E-state index contributed by atoms with van der Waals surface area (Å²) < 4.78 is 5.77. The fourth-order valence-corrected chi connectivity index (χ4v) is 3.78. The van der Waals surface area contributed by atoms with Crippen molar-refractivity contribution >= 4 is 5.97 Å². The van der Waals surface area contributed by atoms with Crippen LogP contribution >= 0.6 is 0 Å². The van der Waals surface area contributed by atoms with Crippen LogP contribution in [0.2, 0.25) is 0 Å². The molecule has 0 bridgehead atoms. The number of ether oxygens (including phenoxy) is 1. The van der Waals surface area contributed by atoms with Gasteiger partial charge in [-0.2, -0.15) is 0 Å². The molecule has 2 atom stereocenters. The second-order valence-electron chi connectivity index (χ2n) is 8.34. The van der Waals surface area contributed by atoms with Crippen LogP contribution in [0.1, 0.15) is 70.9 Å². The SMILES string of the molecule is CCCC1(C)CC(O)=C([C@@H](c2cccc(C)c2)C(C)(C)C)C(=O)O1. The zero-order chi connectivity index (χ0) is 18.1. The van der Waals surface area contributed by atoms with Crippen LogP contribution in [-0.2, 0) is 9.53 Å². The van der Waals surface area contributed by atoms with Gasteiger partial charge in [-0.3, -0.25) is 0 Å². The first kappa shape index (κ1) is 18.6. The van der Waals surface area contributed by atoms with E-state index in [1.807, 2.05) is 32.0 Å². The van der Waals surface area contributed by atoms with Crippen molar-refractivity contribution in [2.24, 2.45) is 5.41 Å². The molecule has 24 heavy (non-hydrogen) atoms. The number of esters is 1. The summed E-state index contributed by atoms with van der Waals surface area (Å²) in [5, 5.41) is 10.7. The molecule has 0 spiro atoms. The number of rotatable bonds is 4. The molecule has 132 valence electrons. The molecule has 0 fully saturated rings. The van der Waals surface area contributed by atoms with Crippen LogP contribution < -0.4 is 0 Å². The number of hydrogen-bond donors (Lipinski definition) is 1. The fraction of sp³-hybridized carbons (Fsp3) is 0.571. The number of hydrogen-bond acceptors (Lipinski definition) is 3. The molecule has 1 heterocycles. The molecule has 1 N–H and O–H groups in total. The Bertz CT molecular complexity index is 651. The second kappa shape index (κ2) is 6.62. The Morgan fingerprint density at radius 2 is 2.00 bits per heavy atom. The maximum Gasteiger partial charge on any atom is 0.338 e. The highest BCUT2D eigenvalue weighted by Crippen LogP contribution is 2.46. The highest BCUT2D eigenvalue weighted by Gasteiger charge is 2.43. The van der Waals surface area contributed by atoms with Crippen molar-refractivity contribution in [2.45, 2.75) is 72.3 Å². The number of carbonyl (C=O) groups is 1. The van der Waals surface area contributed by atoms with Crippen molar-refractivity contribution in [1.29, 1.82) is 0 Å². The summed E-state index contributed by atoms with van der Waals surface area (Å²) in [6, 6.07) is 8.14. The van der Waals surface area contributed by atoms with E-state index in [1.165, 1.54) is 0 Å². The summed E-state index contributed by atoms with van der Waals surface area (Å²) in [6.07, 6.45) is 2.05. The minimum Gasteiger partial charge on any atom is -0.512 e. The van der Waals surface area contributed by atoms with Gasteiger partial charge in [-0.05, 0) is 31.2 Å². The topological polar surface area (TPSA) is 46.5 Å². The van der Waals surface area contributed by atoms with Crippen LogP contribution in [0.4, 0.5) is 0 Å². The zero-order valence-electron chi connectivity index (χ0n) is 15.8. The Morgan fingerprint density at radius 1 is 1.33 bits per heavy atom. The molecule has 1 aliphatic heterocycles. The molecule has 0 amide bonds. The number of benzene rings is 1. The molecular formula is C21H30O3. The molecule has 1 aromatic carbocycles. The highest BCUT2D eigenvalue weighted by atomic mass is 16.6. The van der Waals surface area contributed by atoms with Gasteiger partial charge in [0.2, 0.25) is 0 Å². The van der Waals surface area contributed by atoms with Gasteiger partial charge in [0.25, 0.3) is 0 Å². The van der Waals surface area contributed by atoms with E-state index in [9.17, 15) is 9.90 Å². The lowest BCUT2D eigenvalue weighted by molar-refractivity contribution is -0.158. The fourth-order valence-electron chi connectivity index (χ4n) is 3.78. The second-order valence-corrected chi connectivity index (χ2v) is 8.34. The average Bonchev–Trinajstić information content (AvgIpc) is 2.41. The van der Waals surface area contributed by atoms with Gasteiger partial charge in [0.05, 0.1) is 5.57 Å². The summed E-state index contributed by atoms with van der Waals surface area (Å²) in [5.41, 5.74) is 1.78. The first-order valence-electron chi connectivity index (χ1n) is 8.79. The first-order chi connectivity index (χ1) is 11.1. The summed E-state index contributed by atoms with van der Waals surface area (Å²) in [4.78, 5) is 12.8. The Labute approximate surface area is 145 Å². The predicted octanol–water partition coefficient (Wildman–Crippen LogP) is 5.44. The molecule has 0 aliphatic carbocycles. The molecule has 2 rings (SSSR count). The van der Waals surface area contributed by atoms with E-state index in [0.29, 0.717) is 12.0 Å². The van der Waals surface area contributed by atoms with E-state index in [0.717, 1.165) is 24.0 Å². The number of aliphatic hydroxyl groups is 1. The third-order valence-electron chi connectivity index (χ3n) is 4.72. The molecule has 0 radical (unpaired) electrons. The van der Waals surface area contributed by atoms with Crippen LogP contribution in [0.3, 0.4) is 0 Å². The predicted molar refractivity (Wildman–Crippen MR) is 97.1 cm³/mol. The van der Waals surface area contributed by atoms with Crippen LogP contribution in [0.5, 0.6) is 0 Å². The van der Waals surface area contributed by atoms with Crippen LogP contribution in [0, 0.1) is 12.3 Å². The highest BCUT2D eigenvalue weighted by molar-refractivity contribution is 5.92.